The van der Waals surface area contributed by atoms with E-state index in [4.69, 9.17) is 9.47 Å². The molecule has 25 heavy (non-hydrogen) atoms. The maximum Gasteiger partial charge on any atom is 0.267 e. The Morgan fingerprint density at radius 1 is 1.36 bits per heavy atom. The maximum atomic E-state index is 12.4. The summed E-state index contributed by atoms with van der Waals surface area (Å²) in [4.78, 5) is 23.8. The summed E-state index contributed by atoms with van der Waals surface area (Å²) in [5, 5.41) is 8.16. The Hall–Kier alpha value is -2.57. The van der Waals surface area contributed by atoms with Crippen molar-refractivity contribution in [2.24, 2.45) is 5.10 Å². The molecule has 0 bridgehead atoms. The van der Waals surface area contributed by atoms with Gasteiger partial charge in [0.05, 0.1) is 19.8 Å². The van der Waals surface area contributed by atoms with Gasteiger partial charge >= 0.3 is 0 Å². The highest BCUT2D eigenvalue weighted by molar-refractivity contribution is 6.39. The molecule has 7 nitrogen and oxygen atoms in total. The molecule has 2 amide bonds. The van der Waals surface area contributed by atoms with E-state index in [-0.39, 0.29) is 17.9 Å². The van der Waals surface area contributed by atoms with Crippen LogP contribution in [0, 0.1) is 0 Å². The van der Waals surface area contributed by atoms with Gasteiger partial charge in [0.25, 0.3) is 5.91 Å². The smallest absolute Gasteiger partial charge is 0.267 e. The summed E-state index contributed by atoms with van der Waals surface area (Å²) in [6, 6.07) is 5.37. The molecule has 0 aliphatic carbocycles. The van der Waals surface area contributed by atoms with Gasteiger partial charge in [-0.15, -0.1) is 0 Å². The number of amides is 2. The SMILES string of the molecule is CCCOc1ccc([C@H](C)NC(=O)C2=NN(C)C(=O)CC2)cc1OC. The third kappa shape index (κ3) is 4.71. The summed E-state index contributed by atoms with van der Waals surface area (Å²) < 4.78 is 11.0. The Morgan fingerprint density at radius 3 is 2.76 bits per heavy atom. The van der Waals surface area contributed by atoms with Gasteiger partial charge in [-0.2, -0.15) is 5.10 Å². The largest absolute Gasteiger partial charge is 0.493 e. The van der Waals surface area contributed by atoms with E-state index >= 15 is 0 Å². The van der Waals surface area contributed by atoms with Crippen molar-refractivity contribution in [2.75, 3.05) is 20.8 Å². The lowest BCUT2D eigenvalue weighted by atomic mass is 10.1. The van der Waals surface area contributed by atoms with Crippen LogP contribution in [0.3, 0.4) is 0 Å². The molecular formula is C18H25N3O4. The summed E-state index contributed by atoms with van der Waals surface area (Å²) in [6.07, 6.45) is 1.57. The zero-order valence-corrected chi connectivity index (χ0v) is 15.2. The molecule has 0 fully saturated rings. The minimum Gasteiger partial charge on any atom is -0.493 e. The average Bonchev–Trinajstić information content (AvgIpc) is 2.61. The third-order valence-corrected chi connectivity index (χ3v) is 3.97. The van der Waals surface area contributed by atoms with Gasteiger partial charge in [-0.05, 0) is 31.0 Å². The number of carbonyl (C=O) groups excluding carboxylic acids is 2. The van der Waals surface area contributed by atoms with Crippen molar-refractivity contribution in [3.63, 3.8) is 0 Å². The van der Waals surface area contributed by atoms with E-state index < -0.39 is 0 Å². The van der Waals surface area contributed by atoms with Gasteiger partial charge in [-0.3, -0.25) is 9.59 Å². The highest BCUT2D eigenvalue weighted by Gasteiger charge is 2.23. The van der Waals surface area contributed by atoms with Crippen molar-refractivity contribution in [2.45, 2.75) is 39.2 Å². The van der Waals surface area contributed by atoms with E-state index in [1.807, 2.05) is 32.0 Å². The van der Waals surface area contributed by atoms with Crippen LogP contribution in [-0.2, 0) is 9.59 Å². The molecule has 7 heteroatoms. The van der Waals surface area contributed by atoms with Crippen LogP contribution in [0.1, 0.15) is 44.7 Å². The number of rotatable bonds is 7. The first-order valence-corrected chi connectivity index (χ1v) is 8.41. The van der Waals surface area contributed by atoms with Crippen molar-refractivity contribution >= 4 is 17.5 Å². The minimum absolute atomic E-state index is 0.0861. The van der Waals surface area contributed by atoms with E-state index in [0.29, 0.717) is 36.7 Å². The number of nitrogens with one attached hydrogen (secondary N) is 1. The molecule has 0 saturated carbocycles. The molecule has 0 aromatic heterocycles. The zero-order chi connectivity index (χ0) is 18.4. The van der Waals surface area contributed by atoms with Crippen LogP contribution in [-0.4, -0.2) is 43.3 Å². The number of hydrogen-bond acceptors (Lipinski definition) is 5. The Morgan fingerprint density at radius 2 is 2.12 bits per heavy atom. The zero-order valence-electron chi connectivity index (χ0n) is 15.2. The molecule has 2 rings (SSSR count). The lowest BCUT2D eigenvalue weighted by Crippen LogP contribution is -2.38. The predicted octanol–water partition coefficient (Wildman–Crippen LogP) is 2.27. The molecule has 1 N–H and O–H groups in total. The molecule has 1 atom stereocenters. The van der Waals surface area contributed by atoms with Crippen LogP contribution >= 0.6 is 0 Å². The van der Waals surface area contributed by atoms with Gasteiger partial charge in [0.1, 0.15) is 5.71 Å². The summed E-state index contributed by atoms with van der Waals surface area (Å²) in [5.41, 5.74) is 1.26. The Bertz CT molecular complexity index is 672. The van der Waals surface area contributed by atoms with Gasteiger partial charge in [0.15, 0.2) is 11.5 Å². The first kappa shape index (κ1) is 18.8. The fourth-order valence-electron chi connectivity index (χ4n) is 2.48. The van der Waals surface area contributed by atoms with Crippen molar-refractivity contribution in [1.82, 2.24) is 10.3 Å². The van der Waals surface area contributed by atoms with Gasteiger partial charge < -0.3 is 14.8 Å². The Kier molecular flexibility index (Phi) is 6.38. The first-order chi connectivity index (χ1) is 12.0. The van der Waals surface area contributed by atoms with Gasteiger partial charge in [-0.25, -0.2) is 5.01 Å². The van der Waals surface area contributed by atoms with E-state index in [0.717, 1.165) is 12.0 Å². The van der Waals surface area contributed by atoms with E-state index in [9.17, 15) is 9.59 Å². The van der Waals surface area contributed by atoms with E-state index in [1.165, 1.54) is 5.01 Å². The highest BCUT2D eigenvalue weighted by atomic mass is 16.5. The summed E-state index contributed by atoms with van der Waals surface area (Å²) in [5.74, 6) is 0.963. The van der Waals surface area contributed by atoms with Crippen molar-refractivity contribution in [3.8, 4) is 11.5 Å². The molecule has 1 aliphatic heterocycles. The predicted molar refractivity (Wildman–Crippen MR) is 94.8 cm³/mol. The van der Waals surface area contributed by atoms with Gasteiger partial charge in [0.2, 0.25) is 5.91 Å². The van der Waals surface area contributed by atoms with E-state index in [1.54, 1.807) is 14.2 Å². The minimum atomic E-state index is -0.267. The molecular weight excluding hydrogens is 322 g/mol. The standard InChI is InChI=1S/C18H25N3O4/c1-5-10-25-15-8-6-13(11-16(15)24-4)12(2)19-18(23)14-7-9-17(22)21(3)20-14/h6,8,11-12H,5,7,9-10H2,1-4H3,(H,19,23)/t12-/m0/s1. The van der Waals surface area contributed by atoms with Gasteiger partial charge in [-0.1, -0.05) is 13.0 Å². The molecule has 0 radical (unpaired) electrons. The normalized spacial score (nSPS) is 15.4. The van der Waals surface area contributed by atoms with Crippen LogP contribution in [0.4, 0.5) is 0 Å². The molecule has 0 spiro atoms. The van der Waals surface area contributed by atoms with Crippen LogP contribution in [0.2, 0.25) is 0 Å². The van der Waals surface area contributed by atoms with Crippen molar-refractivity contribution in [1.29, 1.82) is 0 Å². The van der Waals surface area contributed by atoms with Gasteiger partial charge in [0, 0.05) is 19.9 Å². The fraction of sp³-hybridized carbons (Fsp3) is 0.500. The quantitative estimate of drug-likeness (QED) is 0.820. The fourth-order valence-corrected chi connectivity index (χ4v) is 2.48. The van der Waals surface area contributed by atoms with E-state index in [2.05, 4.69) is 10.4 Å². The summed E-state index contributed by atoms with van der Waals surface area (Å²) >= 11 is 0. The first-order valence-electron chi connectivity index (χ1n) is 8.41. The maximum absolute atomic E-state index is 12.4. The second kappa shape index (κ2) is 8.50. The molecule has 0 saturated heterocycles. The number of benzene rings is 1. The second-order valence-corrected chi connectivity index (χ2v) is 5.92. The lowest BCUT2D eigenvalue weighted by Gasteiger charge is -2.21. The van der Waals surface area contributed by atoms with Crippen LogP contribution in [0.15, 0.2) is 23.3 Å². The Balaban J connectivity index is 2.07. The number of methoxy groups -OCH3 is 1. The van der Waals surface area contributed by atoms with Crippen LogP contribution < -0.4 is 14.8 Å². The number of nitrogens with zero attached hydrogens (tertiary/aromatic N) is 2. The second-order valence-electron chi connectivity index (χ2n) is 5.92. The third-order valence-electron chi connectivity index (χ3n) is 3.97. The monoisotopic (exact) mass is 347 g/mol. The number of carbonyl (C=O) groups is 2. The molecule has 1 heterocycles. The van der Waals surface area contributed by atoms with Crippen LogP contribution in [0.5, 0.6) is 11.5 Å². The summed E-state index contributed by atoms with van der Waals surface area (Å²) in [7, 11) is 3.14. The summed E-state index contributed by atoms with van der Waals surface area (Å²) in [6.45, 7) is 4.54. The lowest BCUT2D eigenvalue weighted by molar-refractivity contribution is -0.130. The van der Waals surface area contributed by atoms with Crippen LogP contribution in [0.25, 0.3) is 0 Å². The molecule has 0 unspecified atom stereocenters. The molecule has 136 valence electrons. The number of hydrazone groups is 1. The topological polar surface area (TPSA) is 80.2 Å². The van der Waals surface area contributed by atoms with Crippen molar-refractivity contribution < 1.29 is 19.1 Å². The average molecular weight is 347 g/mol. The highest BCUT2D eigenvalue weighted by Crippen LogP contribution is 2.30. The van der Waals surface area contributed by atoms with Crippen molar-refractivity contribution in [3.05, 3.63) is 23.8 Å². The Labute approximate surface area is 148 Å². The molecule has 1 aromatic carbocycles. The molecule has 1 aliphatic rings. The number of ether oxygens (including phenoxy) is 2. The molecule has 1 aromatic rings. The number of hydrogen-bond donors (Lipinski definition) is 1.